The van der Waals surface area contributed by atoms with Crippen LogP contribution in [-0.4, -0.2) is 21.2 Å². The third-order valence-corrected chi connectivity index (χ3v) is 5.72. The monoisotopic (exact) mass is 379 g/mol. The van der Waals surface area contributed by atoms with Crippen LogP contribution in [0.1, 0.15) is 30.0 Å². The van der Waals surface area contributed by atoms with Crippen molar-refractivity contribution in [1.29, 1.82) is 0 Å². The standard InChI is InChI=1S/C21H21N3O2S/c1-13-6-5-7-14(2)19(13)23-18(25)12-27-21-22-17-9-4-3-8-16(17)20(26)24(21)15-10-11-15/h3-9,15H,10-12H2,1-2H3,(H,23,25). The Balaban J connectivity index is 1.58. The van der Waals surface area contributed by atoms with Crippen molar-refractivity contribution in [2.24, 2.45) is 0 Å². The second-order valence-corrected chi connectivity index (χ2v) is 7.86. The van der Waals surface area contributed by atoms with E-state index in [1.165, 1.54) is 11.8 Å². The number of amides is 1. The van der Waals surface area contributed by atoms with Crippen molar-refractivity contribution in [2.45, 2.75) is 37.9 Å². The van der Waals surface area contributed by atoms with Crippen molar-refractivity contribution in [1.82, 2.24) is 9.55 Å². The Hall–Kier alpha value is -2.60. The number of hydrogen-bond donors (Lipinski definition) is 1. The summed E-state index contributed by atoms with van der Waals surface area (Å²) in [7, 11) is 0. The van der Waals surface area contributed by atoms with Gasteiger partial charge in [0.1, 0.15) is 0 Å². The van der Waals surface area contributed by atoms with E-state index in [-0.39, 0.29) is 23.3 Å². The van der Waals surface area contributed by atoms with Crippen molar-refractivity contribution in [3.05, 3.63) is 63.9 Å². The first kappa shape index (κ1) is 17.8. The average Bonchev–Trinajstić information content (AvgIpc) is 3.48. The number of rotatable bonds is 5. The molecule has 1 N–H and O–H groups in total. The van der Waals surface area contributed by atoms with Crippen LogP contribution in [-0.2, 0) is 4.79 Å². The lowest BCUT2D eigenvalue weighted by atomic mass is 10.1. The smallest absolute Gasteiger partial charge is 0.262 e. The van der Waals surface area contributed by atoms with Crippen LogP contribution in [0.4, 0.5) is 5.69 Å². The first-order chi connectivity index (χ1) is 13.0. The number of aryl methyl sites for hydroxylation is 2. The molecule has 1 fully saturated rings. The van der Waals surface area contributed by atoms with Gasteiger partial charge in [0.2, 0.25) is 5.91 Å². The number of fused-ring (bicyclic) bond motifs is 1. The van der Waals surface area contributed by atoms with Gasteiger partial charge in [-0.1, -0.05) is 42.1 Å². The first-order valence-electron chi connectivity index (χ1n) is 9.05. The van der Waals surface area contributed by atoms with Gasteiger partial charge in [0.15, 0.2) is 5.16 Å². The summed E-state index contributed by atoms with van der Waals surface area (Å²) in [4.78, 5) is 30.0. The minimum absolute atomic E-state index is 0.0132. The van der Waals surface area contributed by atoms with Gasteiger partial charge < -0.3 is 5.32 Å². The van der Waals surface area contributed by atoms with E-state index in [9.17, 15) is 9.59 Å². The number of thioether (sulfide) groups is 1. The van der Waals surface area contributed by atoms with E-state index >= 15 is 0 Å². The number of aromatic nitrogens is 2. The Bertz CT molecular complexity index is 1070. The van der Waals surface area contributed by atoms with Crippen LogP contribution in [0.3, 0.4) is 0 Å². The van der Waals surface area contributed by atoms with Gasteiger partial charge in [0.25, 0.3) is 5.56 Å². The van der Waals surface area contributed by atoms with Crippen molar-refractivity contribution < 1.29 is 4.79 Å². The van der Waals surface area contributed by atoms with Crippen LogP contribution in [0, 0.1) is 13.8 Å². The molecule has 3 aromatic rings. The molecule has 5 nitrogen and oxygen atoms in total. The Labute approximate surface area is 161 Å². The zero-order valence-corrected chi connectivity index (χ0v) is 16.2. The summed E-state index contributed by atoms with van der Waals surface area (Å²) in [5.74, 6) is 0.118. The van der Waals surface area contributed by atoms with Crippen LogP contribution < -0.4 is 10.9 Å². The molecule has 27 heavy (non-hydrogen) atoms. The van der Waals surface area contributed by atoms with Crippen molar-refractivity contribution in [3.8, 4) is 0 Å². The molecule has 1 aromatic heterocycles. The van der Waals surface area contributed by atoms with Crippen molar-refractivity contribution in [3.63, 3.8) is 0 Å². The molecule has 2 aromatic carbocycles. The number of benzene rings is 2. The quantitative estimate of drug-likeness (QED) is 0.536. The fraction of sp³-hybridized carbons (Fsp3) is 0.286. The molecular formula is C21H21N3O2S. The third kappa shape index (κ3) is 3.62. The minimum Gasteiger partial charge on any atom is -0.325 e. The molecule has 1 amide bonds. The maximum absolute atomic E-state index is 12.9. The number of nitrogens with one attached hydrogen (secondary N) is 1. The number of anilines is 1. The molecule has 138 valence electrons. The highest BCUT2D eigenvalue weighted by atomic mass is 32.2. The van der Waals surface area contributed by atoms with Gasteiger partial charge in [-0.05, 0) is 49.9 Å². The van der Waals surface area contributed by atoms with E-state index in [1.807, 2.05) is 56.3 Å². The van der Waals surface area contributed by atoms with E-state index in [1.54, 1.807) is 4.57 Å². The molecule has 0 radical (unpaired) electrons. The zero-order valence-electron chi connectivity index (χ0n) is 15.4. The van der Waals surface area contributed by atoms with Gasteiger partial charge in [0, 0.05) is 11.7 Å². The average molecular weight is 379 g/mol. The molecule has 6 heteroatoms. The van der Waals surface area contributed by atoms with E-state index in [4.69, 9.17) is 0 Å². The Morgan fingerprint density at radius 1 is 1.15 bits per heavy atom. The van der Waals surface area contributed by atoms with Crippen LogP contribution in [0.5, 0.6) is 0 Å². The summed E-state index contributed by atoms with van der Waals surface area (Å²) < 4.78 is 1.76. The van der Waals surface area contributed by atoms with Gasteiger partial charge in [-0.15, -0.1) is 0 Å². The summed E-state index contributed by atoms with van der Waals surface area (Å²) in [5, 5.41) is 4.25. The van der Waals surface area contributed by atoms with Gasteiger partial charge in [-0.25, -0.2) is 4.98 Å². The molecule has 1 saturated carbocycles. The maximum atomic E-state index is 12.9. The normalized spacial score (nSPS) is 13.7. The lowest BCUT2D eigenvalue weighted by Gasteiger charge is -2.13. The Morgan fingerprint density at radius 2 is 1.85 bits per heavy atom. The molecule has 0 unspecified atom stereocenters. The molecule has 1 aliphatic carbocycles. The second kappa shape index (κ2) is 7.19. The van der Waals surface area contributed by atoms with Gasteiger partial charge in [0.05, 0.1) is 16.7 Å². The number of hydrogen-bond acceptors (Lipinski definition) is 4. The lowest BCUT2D eigenvalue weighted by molar-refractivity contribution is -0.113. The molecule has 0 aliphatic heterocycles. The van der Waals surface area contributed by atoms with E-state index in [0.29, 0.717) is 16.1 Å². The molecule has 0 bridgehead atoms. The number of nitrogens with zero attached hydrogens (tertiary/aromatic N) is 2. The topological polar surface area (TPSA) is 64.0 Å². The third-order valence-electron chi connectivity index (χ3n) is 4.77. The predicted molar refractivity (Wildman–Crippen MR) is 110 cm³/mol. The summed E-state index contributed by atoms with van der Waals surface area (Å²) in [6.07, 6.45) is 1.98. The molecule has 0 saturated heterocycles. The van der Waals surface area contributed by atoms with Crippen LogP contribution in [0.2, 0.25) is 0 Å². The Morgan fingerprint density at radius 3 is 2.56 bits per heavy atom. The highest BCUT2D eigenvalue weighted by Gasteiger charge is 2.28. The van der Waals surface area contributed by atoms with Crippen molar-refractivity contribution >= 4 is 34.3 Å². The molecule has 1 aliphatic rings. The van der Waals surface area contributed by atoms with Crippen LogP contribution in [0.15, 0.2) is 52.4 Å². The summed E-state index contributed by atoms with van der Waals surface area (Å²) >= 11 is 1.32. The first-order valence-corrected chi connectivity index (χ1v) is 10.0. The highest BCUT2D eigenvalue weighted by Crippen LogP contribution is 2.36. The minimum atomic E-state index is -0.0952. The number of carbonyl (C=O) groups is 1. The van der Waals surface area contributed by atoms with E-state index in [0.717, 1.165) is 29.7 Å². The molecule has 0 atom stereocenters. The number of para-hydroxylation sites is 2. The zero-order chi connectivity index (χ0) is 19.0. The molecule has 1 heterocycles. The fourth-order valence-electron chi connectivity index (χ4n) is 3.20. The predicted octanol–water partition coefficient (Wildman–Crippen LogP) is 4.08. The van der Waals surface area contributed by atoms with Gasteiger partial charge in [-0.2, -0.15) is 0 Å². The second-order valence-electron chi connectivity index (χ2n) is 6.92. The van der Waals surface area contributed by atoms with E-state index < -0.39 is 0 Å². The van der Waals surface area contributed by atoms with Crippen molar-refractivity contribution in [2.75, 3.05) is 11.1 Å². The van der Waals surface area contributed by atoms with E-state index in [2.05, 4.69) is 10.3 Å². The summed E-state index contributed by atoms with van der Waals surface area (Å²) in [6.45, 7) is 3.96. The number of carbonyl (C=O) groups excluding carboxylic acids is 1. The largest absolute Gasteiger partial charge is 0.325 e. The van der Waals surface area contributed by atoms with Crippen LogP contribution in [0.25, 0.3) is 10.9 Å². The molecular weight excluding hydrogens is 358 g/mol. The van der Waals surface area contributed by atoms with Gasteiger partial charge in [-0.3, -0.25) is 14.2 Å². The van der Waals surface area contributed by atoms with Gasteiger partial charge >= 0.3 is 0 Å². The maximum Gasteiger partial charge on any atom is 0.262 e. The fourth-order valence-corrected chi connectivity index (χ4v) is 4.07. The molecule has 4 rings (SSSR count). The SMILES string of the molecule is Cc1cccc(C)c1NC(=O)CSc1nc2ccccc2c(=O)n1C1CC1. The lowest BCUT2D eigenvalue weighted by Crippen LogP contribution is -2.23. The summed E-state index contributed by atoms with van der Waals surface area (Å²) in [6, 6.07) is 13.5. The highest BCUT2D eigenvalue weighted by molar-refractivity contribution is 7.99. The van der Waals surface area contributed by atoms with Crippen LogP contribution >= 0.6 is 11.8 Å². The Kier molecular flexibility index (Phi) is 4.74. The summed E-state index contributed by atoms with van der Waals surface area (Å²) in [5.41, 5.74) is 3.59. The molecule has 0 spiro atoms.